The lowest BCUT2D eigenvalue weighted by molar-refractivity contribution is -0.145. The Labute approximate surface area is 178 Å². The van der Waals surface area contributed by atoms with Gasteiger partial charge in [-0.25, -0.2) is 0 Å². The van der Waals surface area contributed by atoms with Crippen molar-refractivity contribution in [3.8, 4) is 0 Å². The van der Waals surface area contributed by atoms with Crippen molar-refractivity contribution in [2.75, 3.05) is 25.0 Å². The summed E-state index contributed by atoms with van der Waals surface area (Å²) >= 11 is 0. The number of piperidine rings is 1. The molecule has 0 radical (unpaired) electrons. The van der Waals surface area contributed by atoms with E-state index in [0.717, 1.165) is 37.2 Å². The number of aryl methyl sites for hydroxylation is 1. The molecule has 1 aromatic rings. The summed E-state index contributed by atoms with van der Waals surface area (Å²) in [5.74, 6) is 0.546. The van der Waals surface area contributed by atoms with E-state index in [4.69, 9.17) is 0 Å². The van der Waals surface area contributed by atoms with Crippen molar-refractivity contribution in [2.24, 2.45) is 5.92 Å². The first-order chi connectivity index (χ1) is 14.3. The number of hydrogen-bond donors (Lipinski definition) is 2. The molecule has 162 valence electrons. The van der Waals surface area contributed by atoms with Crippen molar-refractivity contribution in [3.63, 3.8) is 0 Å². The number of carbonyl (C=O) groups excluding carboxylic acids is 3. The Morgan fingerprint density at radius 1 is 1.13 bits per heavy atom. The van der Waals surface area contributed by atoms with Gasteiger partial charge in [-0.05, 0) is 56.7 Å². The zero-order valence-corrected chi connectivity index (χ0v) is 18.2. The number of hydrogen-bond acceptors (Lipinski definition) is 4. The predicted octanol–water partition coefficient (Wildman–Crippen LogP) is 2.51. The van der Waals surface area contributed by atoms with Crippen molar-refractivity contribution < 1.29 is 14.4 Å². The molecule has 3 amide bonds. The van der Waals surface area contributed by atoms with Gasteiger partial charge in [0.15, 0.2) is 0 Å². The van der Waals surface area contributed by atoms with Crippen molar-refractivity contribution in [1.29, 1.82) is 0 Å². The van der Waals surface area contributed by atoms with Crippen LogP contribution in [0.1, 0.15) is 61.9 Å². The highest BCUT2D eigenvalue weighted by atomic mass is 16.2. The molecule has 2 saturated heterocycles. The van der Waals surface area contributed by atoms with E-state index in [-0.39, 0.29) is 17.7 Å². The number of nitrogens with one attached hydrogen (secondary N) is 2. The first-order valence-electron chi connectivity index (χ1n) is 11.1. The monoisotopic (exact) mass is 412 g/mol. The highest BCUT2D eigenvalue weighted by molar-refractivity contribution is 6.02. The smallest absolute Gasteiger partial charge is 0.255 e. The number of amides is 3. The second-order valence-electron chi connectivity index (χ2n) is 9.23. The average molecular weight is 413 g/mol. The molecule has 4 rings (SSSR count). The average Bonchev–Trinajstić information content (AvgIpc) is 2.86. The van der Waals surface area contributed by atoms with Crippen LogP contribution < -0.4 is 10.6 Å². The molecule has 7 nitrogen and oxygen atoms in total. The van der Waals surface area contributed by atoms with Crippen LogP contribution in [0.25, 0.3) is 0 Å². The summed E-state index contributed by atoms with van der Waals surface area (Å²) in [5, 5.41) is 6.60. The normalized spacial score (nSPS) is 26.0. The molecule has 0 aliphatic carbocycles. The van der Waals surface area contributed by atoms with E-state index >= 15 is 0 Å². The number of rotatable bonds is 2. The van der Waals surface area contributed by atoms with E-state index in [1.54, 1.807) is 4.90 Å². The zero-order valence-electron chi connectivity index (χ0n) is 18.2. The van der Waals surface area contributed by atoms with Gasteiger partial charge in [-0.2, -0.15) is 0 Å². The molecule has 3 aliphatic rings. The molecule has 0 saturated carbocycles. The van der Waals surface area contributed by atoms with E-state index in [2.05, 4.69) is 17.6 Å². The molecule has 3 heterocycles. The van der Waals surface area contributed by atoms with Gasteiger partial charge in [-0.3, -0.25) is 14.4 Å². The van der Waals surface area contributed by atoms with Gasteiger partial charge in [0.05, 0.1) is 5.56 Å². The fourth-order valence-electron chi connectivity index (χ4n) is 4.84. The molecule has 2 atom stereocenters. The molecule has 0 bridgehead atoms. The maximum atomic E-state index is 13.0. The third-order valence-electron chi connectivity index (χ3n) is 6.93. The van der Waals surface area contributed by atoms with Crippen LogP contribution in [0.2, 0.25) is 0 Å². The van der Waals surface area contributed by atoms with E-state index in [1.165, 1.54) is 0 Å². The van der Waals surface area contributed by atoms with E-state index in [1.807, 2.05) is 36.9 Å². The number of nitrogens with zero attached hydrogens (tertiary/aromatic N) is 2. The SMILES string of the molecule is Cc1ccc2c(c1)N[C@]1(CCC(=O)N([C@H](C)C(=O)N3CCC(C)CC3)CC1)NC2=O. The van der Waals surface area contributed by atoms with Crippen LogP contribution in [0.15, 0.2) is 18.2 Å². The van der Waals surface area contributed by atoms with Crippen molar-refractivity contribution in [2.45, 2.75) is 64.6 Å². The summed E-state index contributed by atoms with van der Waals surface area (Å²) in [4.78, 5) is 42.3. The number of carbonyl (C=O) groups is 3. The van der Waals surface area contributed by atoms with Crippen LogP contribution in [0, 0.1) is 12.8 Å². The molecule has 1 aromatic carbocycles. The van der Waals surface area contributed by atoms with Gasteiger partial charge in [0.25, 0.3) is 5.91 Å². The summed E-state index contributed by atoms with van der Waals surface area (Å²) < 4.78 is 0. The molecule has 1 spiro atoms. The lowest BCUT2D eigenvalue weighted by Gasteiger charge is -2.40. The van der Waals surface area contributed by atoms with Gasteiger partial charge in [0, 0.05) is 38.2 Å². The molecule has 2 N–H and O–H groups in total. The maximum absolute atomic E-state index is 13.0. The van der Waals surface area contributed by atoms with Crippen molar-refractivity contribution in [1.82, 2.24) is 15.1 Å². The van der Waals surface area contributed by atoms with Crippen molar-refractivity contribution in [3.05, 3.63) is 29.3 Å². The Morgan fingerprint density at radius 2 is 1.87 bits per heavy atom. The second kappa shape index (κ2) is 7.93. The molecular formula is C23H32N4O3. The molecule has 2 fully saturated rings. The minimum absolute atomic E-state index is 0.0239. The molecule has 0 unspecified atom stereocenters. The van der Waals surface area contributed by atoms with Crippen LogP contribution in [0.5, 0.6) is 0 Å². The number of fused-ring (bicyclic) bond motifs is 1. The van der Waals surface area contributed by atoms with Crippen LogP contribution in [0.4, 0.5) is 5.69 Å². The largest absolute Gasteiger partial charge is 0.362 e. The third-order valence-corrected chi connectivity index (χ3v) is 6.93. The maximum Gasteiger partial charge on any atom is 0.255 e. The lowest BCUT2D eigenvalue weighted by Crippen LogP contribution is -2.58. The predicted molar refractivity (Wildman–Crippen MR) is 115 cm³/mol. The molecule has 3 aliphatic heterocycles. The highest BCUT2D eigenvalue weighted by Crippen LogP contribution is 2.33. The molecule has 0 aromatic heterocycles. The number of benzene rings is 1. The molecule has 30 heavy (non-hydrogen) atoms. The first-order valence-corrected chi connectivity index (χ1v) is 11.1. The van der Waals surface area contributed by atoms with Gasteiger partial charge >= 0.3 is 0 Å². The van der Waals surface area contributed by atoms with Gasteiger partial charge in [-0.1, -0.05) is 13.0 Å². The summed E-state index contributed by atoms with van der Waals surface area (Å²) in [6, 6.07) is 5.25. The third kappa shape index (κ3) is 3.89. The quantitative estimate of drug-likeness (QED) is 0.782. The van der Waals surface area contributed by atoms with Crippen LogP contribution >= 0.6 is 0 Å². The second-order valence-corrected chi connectivity index (χ2v) is 9.23. The number of anilines is 1. The Bertz CT molecular complexity index is 862. The first kappa shape index (κ1) is 20.7. The summed E-state index contributed by atoms with van der Waals surface area (Å²) in [7, 11) is 0. The summed E-state index contributed by atoms with van der Waals surface area (Å²) in [6.45, 7) is 8.02. The summed E-state index contributed by atoms with van der Waals surface area (Å²) in [5.41, 5.74) is 1.85. The van der Waals surface area contributed by atoms with E-state index in [0.29, 0.717) is 37.3 Å². The minimum Gasteiger partial charge on any atom is -0.362 e. The van der Waals surface area contributed by atoms with Crippen LogP contribution in [-0.2, 0) is 9.59 Å². The zero-order chi connectivity index (χ0) is 21.5. The van der Waals surface area contributed by atoms with Gasteiger partial charge < -0.3 is 20.4 Å². The van der Waals surface area contributed by atoms with Crippen LogP contribution in [0.3, 0.4) is 0 Å². The Morgan fingerprint density at radius 3 is 2.60 bits per heavy atom. The molecule has 7 heteroatoms. The Hall–Kier alpha value is -2.57. The van der Waals surface area contributed by atoms with Gasteiger partial charge in [0.1, 0.15) is 11.7 Å². The van der Waals surface area contributed by atoms with Gasteiger partial charge in [-0.15, -0.1) is 0 Å². The topological polar surface area (TPSA) is 81.8 Å². The highest BCUT2D eigenvalue weighted by Gasteiger charge is 2.42. The van der Waals surface area contributed by atoms with E-state index < -0.39 is 11.7 Å². The Balaban J connectivity index is 1.48. The fraction of sp³-hybridized carbons (Fsp3) is 0.609. The lowest BCUT2D eigenvalue weighted by atomic mass is 9.94. The minimum atomic E-state index is -0.661. The fourth-order valence-corrected chi connectivity index (χ4v) is 4.84. The molecular weight excluding hydrogens is 380 g/mol. The van der Waals surface area contributed by atoms with Crippen LogP contribution in [-0.4, -0.2) is 58.9 Å². The standard InChI is InChI=1S/C23H32N4O3/c1-15-7-11-26(12-8-15)22(30)17(3)27-13-10-23(9-6-20(27)28)24-19-14-16(2)4-5-18(19)21(29)25-23/h4-5,14-15,17,24H,6-13H2,1-3H3,(H,25,29)/t17-,23-/m1/s1. The van der Waals surface area contributed by atoms with Crippen molar-refractivity contribution >= 4 is 23.4 Å². The number of likely N-dealkylation sites (tertiary alicyclic amines) is 2. The van der Waals surface area contributed by atoms with Gasteiger partial charge in [0.2, 0.25) is 11.8 Å². The van der Waals surface area contributed by atoms with E-state index in [9.17, 15) is 14.4 Å². The summed E-state index contributed by atoms with van der Waals surface area (Å²) in [6.07, 6.45) is 3.40. The Kier molecular flexibility index (Phi) is 5.47.